The highest BCUT2D eigenvalue weighted by molar-refractivity contribution is 4.77. The fourth-order valence-corrected chi connectivity index (χ4v) is 2.15. The van der Waals surface area contributed by atoms with Crippen LogP contribution in [0.2, 0.25) is 0 Å². The van der Waals surface area contributed by atoms with Crippen molar-refractivity contribution in [1.82, 2.24) is 0 Å². The molecule has 0 rings (SSSR count). The first-order valence-electron chi connectivity index (χ1n) is 6.41. The lowest BCUT2D eigenvalue weighted by Gasteiger charge is -2.30. The van der Waals surface area contributed by atoms with Gasteiger partial charge in [-0.1, -0.05) is 54.4 Å². The minimum atomic E-state index is -4.03. The van der Waals surface area contributed by atoms with Gasteiger partial charge in [0.1, 0.15) is 0 Å². The molecule has 0 N–H and O–H groups in total. The van der Waals surface area contributed by atoms with Crippen LogP contribution in [0.15, 0.2) is 0 Å². The zero-order chi connectivity index (χ0) is 13.4. The van der Waals surface area contributed by atoms with Crippen molar-refractivity contribution in [1.29, 1.82) is 0 Å². The maximum absolute atomic E-state index is 12.7. The lowest BCUT2D eigenvalue weighted by atomic mass is 9.79. The molecule has 0 radical (unpaired) electrons. The van der Waals surface area contributed by atoms with E-state index in [-0.39, 0.29) is 18.3 Å². The molecule has 0 aromatic heterocycles. The molecule has 0 saturated carbocycles. The molecular weight excluding hydrogens is 213 g/mol. The summed E-state index contributed by atoms with van der Waals surface area (Å²) in [5, 5.41) is 0. The average molecular weight is 240 g/mol. The zero-order valence-electron chi connectivity index (χ0n) is 11.5. The molecule has 100 valence electrons. The quantitative estimate of drug-likeness (QED) is 0.580. The van der Waals surface area contributed by atoms with Crippen molar-refractivity contribution in [2.24, 2.45) is 17.8 Å². The average Bonchev–Trinajstić information content (AvgIpc) is 2.19. The van der Waals surface area contributed by atoms with Gasteiger partial charge in [0, 0.05) is 0 Å². The molecular formula is C13H27F3. The van der Waals surface area contributed by atoms with Crippen molar-refractivity contribution in [2.75, 3.05) is 0 Å². The zero-order valence-corrected chi connectivity index (χ0v) is 11.5. The third kappa shape index (κ3) is 6.39. The summed E-state index contributed by atoms with van der Waals surface area (Å²) in [6.45, 7) is 11.4. The number of rotatable bonds is 5. The van der Waals surface area contributed by atoms with Gasteiger partial charge in [-0.25, -0.2) is 0 Å². The van der Waals surface area contributed by atoms with Gasteiger partial charge >= 0.3 is 6.18 Å². The van der Waals surface area contributed by atoms with Crippen molar-refractivity contribution in [3.63, 3.8) is 0 Å². The Hall–Kier alpha value is -0.210. The number of hydrogen-bond donors (Lipinski definition) is 0. The number of hydrogen-bond acceptors (Lipinski definition) is 0. The summed E-state index contributed by atoms with van der Waals surface area (Å²) in [6, 6.07) is 0. The van der Waals surface area contributed by atoms with Gasteiger partial charge in [0.2, 0.25) is 0 Å². The molecule has 0 heterocycles. The van der Waals surface area contributed by atoms with Gasteiger partial charge < -0.3 is 0 Å². The third-order valence-electron chi connectivity index (χ3n) is 2.86. The molecule has 0 saturated heterocycles. The van der Waals surface area contributed by atoms with E-state index < -0.39 is 12.1 Å². The van der Waals surface area contributed by atoms with Crippen molar-refractivity contribution < 1.29 is 13.2 Å². The Morgan fingerprint density at radius 1 is 1.00 bits per heavy atom. The second-order valence-electron chi connectivity index (χ2n) is 4.25. The second kappa shape index (κ2) is 8.89. The molecule has 0 bridgehead atoms. The van der Waals surface area contributed by atoms with E-state index in [9.17, 15) is 13.2 Å². The van der Waals surface area contributed by atoms with Crippen LogP contribution in [0.3, 0.4) is 0 Å². The SMILES string of the molecule is CC.CCCC(C(CC)C(C)C)C(F)(F)F. The van der Waals surface area contributed by atoms with Crippen LogP contribution in [0.4, 0.5) is 13.2 Å². The number of halogens is 3. The Kier molecular flexibility index (Phi) is 10.1. The van der Waals surface area contributed by atoms with E-state index in [1.807, 2.05) is 41.5 Å². The minimum Gasteiger partial charge on any atom is -0.171 e. The Bertz CT molecular complexity index is 150. The molecule has 0 amide bonds. The van der Waals surface area contributed by atoms with E-state index in [2.05, 4.69) is 0 Å². The number of alkyl halides is 3. The minimum absolute atomic E-state index is 0.109. The van der Waals surface area contributed by atoms with Crippen molar-refractivity contribution in [3.8, 4) is 0 Å². The fraction of sp³-hybridized carbons (Fsp3) is 1.00. The molecule has 0 aliphatic carbocycles. The lowest BCUT2D eigenvalue weighted by Crippen LogP contribution is -2.32. The standard InChI is InChI=1S/C11H21F3.C2H6/c1-5-7-10(11(12,13)14)9(6-2)8(3)4;1-2/h8-10H,5-7H2,1-4H3;1-2H3. The summed E-state index contributed by atoms with van der Waals surface area (Å²) < 4.78 is 38.1. The lowest BCUT2D eigenvalue weighted by molar-refractivity contribution is -0.195. The van der Waals surface area contributed by atoms with Gasteiger partial charge in [0.15, 0.2) is 0 Å². The Labute approximate surface area is 98.6 Å². The van der Waals surface area contributed by atoms with Gasteiger partial charge in [-0.05, 0) is 18.3 Å². The largest absolute Gasteiger partial charge is 0.392 e. The molecule has 2 atom stereocenters. The predicted molar refractivity (Wildman–Crippen MR) is 64.4 cm³/mol. The first kappa shape index (κ1) is 18.2. The molecule has 0 aromatic carbocycles. The first-order valence-corrected chi connectivity index (χ1v) is 6.41. The van der Waals surface area contributed by atoms with Crippen molar-refractivity contribution in [3.05, 3.63) is 0 Å². The van der Waals surface area contributed by atoms with E-state index in [1.165, 1.54) is 0 Å². The van der Waals surface area contributed by atoms with Crippen LogP contribution in [0.25, 0.3) is 0 Å². The van der Waals surface area contributed by atoms with Crippen LogP contribution in [0.1, 0.15) is 60.8 Å². The van der Waals surface area contributed by atoms with Crippen molar-refractivity contribution >= 4 is 0 Å². The van der Waals surface area contributed by atoms with E-state index in [0.717, 1.165) is 0 Å². The predicted octanol–water partition coefficient (Wildman–Crippen LogP) is 5.67. The highest BCUT2D eigenvalue weighted by atomic mass is 19.4. The first-order chi connectivity index (χ1) is 7.34. The highest BCUT2D eigenvalue weighted by Gasteiger charge is 2.43. The summed E-state index contributed by atoms with van der Waals surface area (Å²) >= 11 is 0. The van der Waals surface area contributed by atoms with Gasteiger partial charge in [0.05, 0.1) is 5.92 Å². The molecule has 0 fully saturated rings. The molecule has 0 aliphatic heterocycles. The summed E-state index contributed by atoms with van der Waals surface area (Å²) in [7, 11) is 0. The van der Waals surface area contributed by atoms with E-state index >= 15 is 0 Å². The van der Waals surface area contributed by atoms with Crippen LogP contribution >= 0.6 is 0 Å². The van der Waals surface area contributed by atoms with Crippen LogP contribution in [0, 0.1) is 17.8 Å². The summed E-state index contributed by atoms with van der Waals surface area (Å²) in [5.74, 6) is -1.23. The maximum atomic E-state index is 12.7. The monoisotopic (exact) mass is 240 g/mol. The molecule has 16 heavy (non-hydrogen) atoms. The Morgan fingerprint density at radius 2 is 1.44 bits per heavy atom. The summed E-state index contributed by atoms with van der Waals surface area (Å²) in [5.41, 5.74) is 0. The second-order valence-corrected chi connectivity index (χ2v) is 4.25. The fourth-order valence-electron chi connectivity index (χ4n) is 2.15. The molecule has 0 spiro atoms. The third-order valence-corrected chi connectivity index (χ3v) is 2.86. The van der Waals surface area contributed by atoms with Gasteiger partial charge in [-0.2, -0.15) is 13.2 Å². The Balaban J connectivity index is 0. The summed E-state index contributed by atoms with van der Waals surface area (Å²) in [6.07, 6.45) is -2.55. The van der Waals surface area contributed by atoms with Crippen LogP contribution in [0.5, 0.6) is 0 Å². The van der Waals surface area contributed by atoms with Crippen LogP contribution in [-0.2, 0) is 0 Å². The molecule has 0 aliphatic rings. The highest BCUT2D eigenvalue weighted by Crippen LogP contribution is 2.40. The van der Waals surface area contributed by atoms with E-state index in [0.29, 0.717) is 12.8 Å². The van der Waals surface area contributed by atoms with Gasteiger partial charge in [-0.3, -0.25) is 0 Å². The maximum Gasteiger partial charge on any atom is 0.392 e. The van der Waals surface area contributed by atoms with Crippen LogP contribution < -0.4 is 0 Å². The van der Waals surface area contributed by atoms with Crippen molar-refractivity contribution in [2.45, 2.75) is 67.0 Å². The van der Waals surface area contributed by atoms with E-state index in [1.54, 1.807) is 0 Å². The Morgan fingerprint density at radius 3 is 1.62 bits per heavy atom. The molecule has 2 unspecified atom stereocenters. The normalized spacial score (nSPS) is 15.4. The van der Waals surface area contributed by atoms with E-state index in [4.69, 9.17) is 0 Å². The van der Waals surface area contributed by atoms with Crippen LogP contribution in [-0.4, -0.2) is 6.18 Å². The summed E-state index contributed by atoms with van der Waals surface area (Å²) in [4.78, 5) is 0. The molecule has 0 nitrogen and oxygen atoms in total. The van der Waals surface area contributed by atoms with Gasteiger partial charge in [0.25, 0.3) is 0 Å². The molecule has 0 aromatic rings. The smallest absolute Gasteiger partial charge is 0.171 e. The van der Waals surface area contributed by atoms with Gasteiger partial charge in [-0.15, -0.1) is 0 Å². The topological polar surface area (TPSA) is 0 Å². The molecule has 3 heteroatoms.